The topological polar surface area (TPSA) is 56.2 Å². The minimum atomic E-state index is -0.0325. The van der Waals surface area contributed by atoms with Crippen LogP contribution in [-0.4, -0.2) is 34.7 Å². The number of carbonyl (C=O) groups is 1. The number of nitrogens with one attached hydrogen (secondary N) is 1. The van der Waals surface area contributed by atoms with Gasteiger partial charge in [0.2, 0.25) is 0 Å². The van der Waals surface area contributed by atoms with Gasteiger partial charge >= 0.3 is 0 Å². The molecule has 4 rings (SSSR count). The minimum absolute atomic E-state index is 0.0325. The molecule has 1 amide bonds. The standard InChI is InChI=1S/C20H23N3O2S/c1-2-11-23-16-8-4-3-7-15(16)22-19(23)17-9-10-18(26-17)20(24)21-13-14-6-5-12-25-14/h3-4,7-10,14H,2,5-6,11-13H2,1H3,(H,21,24). The molecular formula is C20H23N3O2S. The average molecular weight is 369 g/mol. The molecule has 0 spiro atoms. The van der Waals surface area contributed by atoms with Crippen LogP contribution in [0.25, 0.3) is 21.7 Å². The smallest absolute Gasteiger partial charge is 0.261 e. The Morgan fingerprint density at radius 1 is 1.35 bits per heavy atom. The van der Waals surface area contributed by atoms with Crippen molar-refractivity contribution in [3.8, 4) is 10.7 Å². The van der Waals surface area contributed by atoms with Crippen molar-refractivity contribution in [1.29, 1.82) is 0 Å². The number of thiophene rings is 1. The van der Waals surface area contributed by atoms with E-state index in [0.29, 0.717) is 11.4 Å². The van der Waals surface area contributed by atoms with E-state index in [1.165, 1.54) is 11.3 Å². The van der Waals surface area contributed by atoms with E-state index in [-0.39, 0.29) is 12.0 Å². The molecule has 5 nitrogen and oxygen atoms in total. The van der Waals surface area contributed by atoms with Crippen molar-refractivity contribution in [2.45, 2.75) is 38.8 Å². The molecule has 0 saturated carbocycles. The van der Waals surface area contributed by atoms with Gasteiger partial charge in [-0.15, -0.1) is 11.3 Å². The Morgan fingerprint density at radius 2 is 2.23 bits per heavy atom. The molecule has 1 aliphatic heterocycles. The van der Waals surface area contributed by atoms with Crippen molar-refractivity contribution < 1.29 is 9.53 Å². The molecule has 3 heterocycles. The maximum Gasteiger partial charge on any atom is 0.261 e. The molecule has 1 unspecified atom stereocenters. The van der Waals surface area contributed by atoms with E-state index in [1.54, 1.807) is 0 Å². The van der Waals surface area contributed by atoms with Crippen molar-refractivity contribution in [2.24, 2.45) is 0 Å². The van der Waals surface area contributed by atoms with Gasteiger partial charge in [0.05, 0.1) is 26.9 Å². The monoisotopic (exact) mass is 369 g/mol. The Balaban J connectivity index is 1.56. The molecule has 1 aromatic carbocycles. The van der Waals surface area contributed by atoms with Gasteiger partial charge in [-0.05, 0) is 43.5 Å². The second-order valence-corrected chi connectivity index (χ2v) is 7.67. The average Bonchev–Trinajstić information content (AvgIpc) is 3.40. The fourth-order valence-electron chi connectivity index (χ4n) is 3.39. The molecule has 1 aliphatic rings. The third-order valence-electron chi connectivity index (χ3n) is 4.67. The first-order chi connectivity index (χ1) is 12.8. The lowest BCUT2D eigenvalue weighted by atomic mass is 10.2. The van der Waals surface area contributed by atoms with Gasteiger partial charge in [0.15, 0.2) is 5.82 Å². The normalized spacial score (nSPS) is 17.0. The van der Waals surface area contributed by atoms with E-state index < -0.39 is 0 Å². The maximum atomic E-state index is 12.4. The molecule has 1 saturated heterocycles. The number of aryl methyl sites for hydroxylation is 1. The summed E-state index contributed by atoms with van der Waals surface area (Å²) >= 11 is 1.50. The fraction of sp³-hybridized carbons (Fsp3) is 0.400. The highest BCUT2D eigenvalue weighted by atomic mass is 32.1. The van der Waals surface area contributed by atoms with Crippen LogP contribution in [0.3, 0.4) is 0 Å². The van der Waals surface area contributed by atoms with Crippen LogP contribution >= 0.6 is 11.3 Å². The Labute approximate surface area is 157 Å². The zero-order valence-electron chi connectivity index (χ0n) is 14.9. The van der Waals surface area contributed by atoms with Gasteiger partial charge in [-0.2, -0.15) is 0 Å². The number of fused-ring (bicyclic) bond motifs is 1. The summed E-state index contributed by atoms with van der Waals surface area (Å²) in [4.78, 5) is 19.0. The summed E-state index contributed by atoms with van der Waals surface area (Å²) in [5.74, 6) is 0.908. The van der Waals surface area contributed by atoms with E-state index >= 15 is 0 Å². The van der Waals surface area contributed by atoms with Crippen LogP contribution in [0.1, 0.15) is 35.9 Å². The molecule has 136 valence electrons. The van der Waals surface area contributed by atoms with Crippen LogP contribution < -0.4 is 5.32 Å². The summed E-state index contributed by atoms with van der Waals surface area (Å²) < 4.78 is 7.81. The molecular weight excluding hydrogens is 346 g/mol. The Morgan fingerprint density at radius 3 is 3.04 bits per heavy atom. The van der Waals surface area contributed by atoms with Crippen molar-refractivity contribution in [3.63, 3.8) is 0 Å². The number of amides is 1. The molecule has 0 radical (unpaired) electrons. The lowest BCUT2D eigenvalue weighted by Gasteiger charge is -2.09. The Kier molecular flexibility index (Phi) is 5.04. The highest BCUT2D eigenvalue weighted by molar-refractivity contribution is 7.17. The third kappa shape index (κ3) is 3.39. The van der Waals surface area contributed by atoms with E-state index in [1.807, 2.05) is 30.3 Å². The number of rotatable bonds is 6. The number of nitrogens with zero attached hydrogens (tertiary/aromatic N) is 2. The fourth-order valence-corrected chi connectivity index (χ4v) is 4.31. The lowest BCUT2D eigenvalue weighted by molar-refractivity contribution is 0.0861. The Bertz CT molecular complexity index is 909. The van der Waals surface area contributed by atoms with E-state index in [2.05, 4.69) is 22.9 Å². The third-order valence-corrected chi connectivity index (χ3v) is 5.75. The number of benzene rings is 1. The number of hydrogen-bond acceptors (Lipinski definition) is 4. The molecule has 1 fully saturated rings. The predicted molar refractivity (Wildman–Crippen MR) is 105 cm³/mol. The molecule has 26 heavy (non-hydrogen) atoms. The molecule has 0 bridgehead atoms. The first-order valence-electron chi connectivity index (χ1n) is 9.21. The summed E-state index contributed by atoms with van der Waals surface area (Å²) in [6.07, 6.45) is 3.30. The Hall–Kier alpha value is -2.18. The van der Waals surface area contributed by atoms with E-state index in [9.17, 15) is 4.79 Å². The first-order valence-corrected chi connectivity index (χ1v) is 10.0. The maximum absolute atomic E-state index is 12.4. The summed E-state index contributed by atoms with van der Waals surface area (Å²) in [5, 5.41) is 2.99. The van der Waals surface area contributed by atoms with Crippen LogP contribution in [0.15, 0.2) is 36.4 Å². The summed E-state index contributed by atoms with van der Waals surface area (Å²) in [6, 6.07) is 12.1. The minimum Gasteiger partial charge on any atom is -0.376 e. The van der Waals surface area contributed by atoms with Gasteiger partial charge in [0, 0.05) is 19.7 Å². The van der Waals surface area contributed by atoms with Gasteiger partial charge in [-0.25, -0.2) is 4.98 Å². The van der Waals surface area contributed by atoms with Crippen LogP contribution in [0, 0.1) is 0 Å². The van der Waals surface area contributed by atoms with E-state index in [4.69, 9.17) is 9.72 Å². The summed E-state index contributed by atoms with van der Waals surface area (Å²) in [7, 11) is 0. The number of ether oxygens (including phenoxy) is 1. The summed E-state index contributed by atoms with van der Waals surface area (Å²) in [5.41, 5.74) is 2.14. The van der Waals surface area contributed by atoms with Crippen molar-refractivity contribution in [2.75, 3.05) is 13.2 Å². The van der Waals surface area contributed by atoms with Crippen LogP contribution in [-0.2, 0) is 11.3 Å². The second-order valence-electron chi connectivity index (χ2n) is 6.58. The molecule has 0 aliphatic carbocycles. The number of aromatic nitrogens is 2. The van der Waals surface area contributed by atoms with Gasteiger partial charge < -0.3 is 14.6 Å². The van der Waals surface area contributed by atoms with E-state index in [0.717, 1.165) is 54.1 Å². The van der Waals surface area contributed by atoms with Gasteiger partial charge in [-0.3, -0.25) is 4.79 Å². The quantitative estimate of drug-likeness (QED) is 0.712. The molecule has 6 heteroatoms. The first kappa shape index (κ1) is 17.2. The second kappa shape index (κ2) is 7.60. The number of imidazole rings is 1. The summed E-state index contributed by atoms with van der Waals surface area (Å²) in [6.45, 7) is 4.46. The highest BCUT2D eigenvalue weighted by Crippen LogP contribution is 2.31. The molecule has 3 aromatic rings. The molecule has 1 N–H and O–H groups in total. The zero-order chi connectivity index (χ0) is 17.9. The number of para-hydroxylation sites is 2. The SMILES string of the molecule is CCCn1c(-c2ccc(C(=O)NCC3CCCO3)s2)nc2ccccc21. The predicted octanol–water partition coefficient (Wildman–Crippen LogP) is 4.08. The van der Waals surface area contributed by atoms with Gasteiger partial charge in [0.1, 0.15) is 0 Å². The highest BCUT2D eigenvalue weighted by Gasteiger charge is 2.19. The molecule has 2 aromatic heterocycles. The van der Waals surface area contributed by atoms with Crippen LogP contribution in [0.4, 0.5) is 0 Å². The van der Waals surface area contributed by atoms with Crippen LogP contribution in [0.2, 0.25) is 0 Å². The van der Waals surface area contributed by atoms with Crippen molar-refractivity contribution in [1.82, 2.24) is 14.9 Å². The molecule has 1 atom stereocenters. The number of carbonyl (C=O) groups excluding carboxylic acids is 1. The number of hydrogen-bond donors (Lipinski definition) is 1. The van der Waals surface area contributed by atoms with Crippen molar-refractivity contribution in [3.05, 3.63) is 41.3 Å². The van der Waals surface area contributed by atoms with Gasteiger partial charge in [-0.1, -0.05) is 19.1 Å². The van der Waals surface area contributed by atoms with Gasteiger partial charge in [0.25, 0.3) is 5.91 Å². The van der Waals surface area contributed by atoms with Crippen molar-refractivity contribution >= 4 is 28.3 Å². The lowest BCUT2D eigenvalue weighted by Crippen LogP contribution is -2.31. The zero-order valence-corrected chi connectivity index (χ0v) is 15.7. The largest absolute Gasteiger partial charge is 0.376 e. The van der Waals surface area contributed by atoms with Crippen LogP contribution in [0.5, 0.6) is 0 Å².